The maximum absolute atomic E-state index is 15.2. The van der Waals surface area contributed by atoms with E-state index in [-0.39, 0.29) is 25.0 Å². The number of aliphatic hydroxyl groups is 1. The molecule has 1 atom stereocenters. The van der Waals surface area contributed by atoms with Gasteiger partial charge in [-0.2, -0.15) is 5.10 Å². The van der Waals surface area contributed by atoms with E-state index in [9.17, 15) is 14.7 Å². The number of aryl methyl sites for hydroxylation is 1. The highest BCUT2D eigenvalue weighted by atomic mass is 19.1. The maximum Gasteiger partial charge on any atom is 0.410 e. The zero-order chi connectivity index (χ0) is 23.2. The molecular formula is C22H28FN5O4. The number of ether oxygens (including phenoxy) is 1. The van der Waals surface area contributed by atoms with Gasteiger partial charge in [0, 0.05) is 44.1 Å². The van der Waals surface area contributed by atoms with Crippen molar-refractivity contribution in [3.63, 3.8) is 0 Å². The van der Waals surface area contributed by atoms with Crippen molar-refractivity contribution < 1.29 is 23.8 Å². The summed E-state index contributed by atoms with van der Waals surface area (Å²) in [6.45, 7) is 6.53. The summed E-state index contributed by atoms with van der Waals surface area (Å²) in [6, 6.07) is 3.16. The lowest BCUT2D eigenvalue weighted by Crippen LogP contribution is -2.54. The number of aliphatic hydroxyl groups excluding tert-OH is 1. The fourth-order valence-electron chi connectivity index (χ4n) is 3.98. The van der Waals surface area contributed by atoms with Crippen LogP contribution in [-0.2, 0) is 16.6 Å². The topological polar surface area (TPSA) is 99.9 Å². The lowest BCUT2D eigenvalue weighted by molar-refractivity contribution is -0.125. The number of aromatic nitrogens is 2. The van der Waals surface area contributed by atoms with E-state index in [4.69, 9.17) is 4.74 Å². The normalized spacial score (nSPS) is 19.8. The van der Waals surface area contributed by atoms with Gasteiger partial charge in [-0.1, -0.05) is 6.08 Å². The molecule has 2 amide bonds. The summed E-state index contributed by atoms with van der Waals surface area (Å²) in [7, 11) is 1.75. The molecule has 9 nitrogen and oxygen atoms in total. The maximum atomic E-state index is 15.2. The number of rotatable bonds is 2. The largest absolute Gasteiger partial charge is 0.444 e. The van der Waals surface area contributed by atoms with E-state index in [1.165, 1.54) is 6.07 Å². The molecule has 2 aliphatic rings. The van der Waals surface area contributed by atoms with Gasteiger partial charge in [-0.15, -0.1) is 0 Å². The molecule has 172 valence electrons. The van der Waals surface area contributed by atoms with E-state index >= 15 is 4.39 Å². The summed E-state index contributed by atoms with van der Waals surface area (Å²) in [5, 5.41) is 17.7. The predicted octanol–water partition coefficient (Wildman–Crippen LogP) is 2.34. The molecule has 1 saturated heterocycles. The predicted molar refractivity (Wildman–Crippen MR) is 117 cm³/mol. The SMILES string of the molecule is Cn1nc(N2CCC(=O)NC2O)c2cc(F)c(C3=CCN(C(=O)OC(C)(C)C)CC3)cc21. The molecule has 1 aromatic heterocycles. The lowest BCUT2D eigenvalue weighted by Gasteiger charge is -2.32. The smallest absolute Gasteiger partial charge is 0.410 e. The average molecular weight is 445 g/mol. The Morgan fingerprint density at radius 3 is 2.66 bits per heavy atom. The summed E-state index contributed by atoms with van der Waals surface area (Å²) in [5.41, 5.74) is 1.41. The number of carbonyl (C=O) groups is 2. The highest BCUT2D eigenvalue weighted by Gasteiger charge is 2.29. The first-order chi connectivity index (χ1) is 15.0. The average Bonchev–Trinajstić information content (AvgIpc) is 3.01. The van der Waals surface area contributed by atoms with Crippen LogP contribution in [0.2, 0.25) is 0 Å². The van der Waals surface area contributed by atoms with Crippen LogP contribution in [0.4, 0.5) is 15.0 Å². The second-order valence-electron chi connectivity index (χ2n) is 9.09. The Labute approximate surface area is 185 Å². The Hall–Kier alpha value is -3.14. The Kier molecular flexibility index (Phi) is 5.58. The highest BCUT2D eigenvalue weighted by Crippen LogP contribution is 2.33. The Morgan fingerprint density at radius 2 is 2.03 bits per heavy atom. The molecule has 2 N–H and O–H groups in total. The highest BCUT2D eigenvalue weighted by molar-refractivity contribution is 5.94. The van der Waals surface area contributed by atoms with Gasteiger partial charge >= 0.3 is 6.09 Å². The molecule has 4 rings (SSSR count). The third-order valence-corrected chi connectivity index (χ3v) is 5.56. The quantitative estimate of drug-likeness (QED) is 0.736. The molecule has 0 radical (unpaired) electrons. The monoisotopic (exact) mass is 445 g/mol. The number of nitrogens with zero attached hydrogens (tertiary/aromatic N) is 4. The van der Waals surface area contributed by atoms with Gasteiger partial charge < -0.3 is 25.0 Å². The minimum absolute atomic E-state index is 0.219. The van der Waals surface area contributed by atoms with Gasteiger partial charge in [0.2, 0.25) is 12.3 Å². The molecule has 0 bridgehead atoms. The number of amides is 2. The van der Waals surface area contributed by atoms with E-state index in [1.54, 1.807) is 27.6 Å². The third-order valence-electron chi connectivity index (χ3n) is 5.56. The van der Waals surface area contributed by atoms with Crippen molar-refractivity contribution in [2.45, 2.75) is 45.6 Å². The van der Waals surface area contributed by atoms with Crippen LogP contribution in [0, 0.1) is 5.82 Å². The standard InChI is InChI=1S/C22H28FN5O4/c1-22(2,3)32-21(31)27-8-5-13(6-9-27)14-12-17-15(11-16(14)23)19(25-26(17)4)28-10-7-18(29)24-20(28)30/h5,11-12,20,30H,6-10H2,1-4H3,(H,24,29). The lowest BCUT2D eigenvalue weighted by atomic mass is 9.98. The molecular weight excluding hydrogens is 417 g/mol. The van der Waals surface area contributed by atoms with Crippen LogP contribution >= 0.6 is 0 Å². The molecule has 3 heterocycles. The van der Waals surface area contributed by atoms with Crippen molar-refractivity contribution in [2.24, 2.45) is 7.05 Å². The van der Waals surface area contributed by atoms with Crippen LogP contribution in [0.25, 0.3) is 16.5 Å². The van der Waals surface area contributed by atoms with Gasteiger partial charge in [0.25, 0.3) is 0 Å². The number of halogens is 1. The minimum Gasteiger partial charge on any atom is -0.444 e. The second-order valence-corrected chi connectivity index (χ2v) is 9.09. The molecule has 2 aromatic rings. The van der Waals surface area contributed by atoms with Crippen molar-refractivity contribution in [3.8, 4) is 0 Å². The number of nitrogens with one attached hydrogen (secondary N) is 1. The van der Waals surface area contributed by atoms with Gasteiger partial charge in [-0.05, 0) is 44.9 Å². The molecule has 1 aromatic carbocycles. The van der Waals surface area contributed by atoms with Gasteiger partial charge in [0.1, 0.15) is 11.4 Å². The Bertz CT molecular complexity index is 1100. The minimum atomic E-state index is -1.21. The van der Waals surface area contributed by atoms with Crippen molar-refractivity contribution in [1.82, 2.24) is 20.0 Å². The van der Waals surface area contributed by atoms with E-state index in [0.29, 0.717) is 41.8 Å². The summed E-state index contributed by atoms with van der Waals surface area (Å²) >= 11 is 0. The van der Waals surface area contributed by atoms with E-state index in [1.807, 2.05) is 26.8 Å². The first-order valence-corrected chi connectivity index (χ1v) is 10.6. The summed E-state index contributed by atoms with van der Waals surface area (Å²) in [5.74, 6) is -0.236. The van der Waals surface area contributed by atoms with Crippen LogP contribution < -0.4 is 10.2 Å². The van der Waals surface area contributed by atoms with Crippen molar-refractivity contribution in [3.05, 3.63) is 29.6 Å². The number of carbonyl (C=O) groups excluding carboxylic acids is 2. The van der Waals surface area contributed by atoms with Crippen molar-refractivity contribution in [2.75, 3.05) is 24.5 Å². The van der Waals surface area contributed by atoms with Crippen LogP contribution in [-0.4, -0.2) is 63.4 Å². The van der Waals surface area contributed by atoms with Gasteiger partial charge in [-0.25, -0.2) is 9.18 Å². The molecule has 2 aliphatic heterocycles. The second kappa shape index (κ2) is 8.09. The van der Waals surface area contributed by atoms with E-state index in [0.717, 1.165) is 5.57 Å². The molecule has 0 saturated carbocycles. The Balaban J connectivity index is 1.60. The van der Waals surface area contributed by atoms with Crippen LogP contribution in [0.3, 0.4) is 0 Å². The number of benzene rings is 1. The van der Waals surface area contributed by atoms with Crippen molar-refractivity contribution >= 4 is 34.3 Å². The number of anilines is 1. The fraction of sp³-hybridized carbons (Fsp3) is 0.500. The zero-order valence-corrected chi connectivity index (χ0v) is 18.7. The molecule has 10 heteroatoms. The number of hydrogen-bond acceptors (Lipinski definition) is 6. The number of fused-ring (bicyclic) bond motifs is 1. The summed E-state index contributed by atoms with van der Waals surface area (Å²) in [4.78, 5) is 26.9. The van der Waals surface area contributed by atoms with Crippen LogP contribution in [0.1, 0.15) is 39.2 Å². The molecule has 1 unspecified atom stereocenters. The molecule has 1 fully saturated rings. The third kappa shape index (κ3) is 4.27. The fourth-order valence-corrected chi connectivity index (χ4v) is 3.98. The van der Waals surface area contributed by atoms with Gasteiger partial charge in [0.05, 0.1) is 5.52 Å². The molecule has 32 heavy (non-hydrogen) atoms. The van der Waals surface area contributed by atoms with Gasteiger partial charge in [0.15, 0.2) is 5.82 Å². The van der Waals surface area contributed by atoms with E-state index in [2.05, 4.69) is 10.4 Å². The first kappa shape index (κ1) is 22.1. The van der Waals surface area contributed by atoms with Gasteiger partial charge in [-0.3, -0.25) is 9.48 Å². The number of hydrogen-bond donors (Lipinski definition) is 2. The summed E-state index contributed by atoms with van der Waals surface area (Å²) in [6.07, 6.45) is 0.975. The van der Waals surface area contributed by atoms with E-state index < -0.39 is 17.8 Å². The molecule has 0 spiro atoms. The van der Waals surface area contributed by atoms with Crippen LogP contribution in [0.5, 0.6) is 0 Å². The van der Waals surface area contributed by atoms with Crippen molar-refractivity contribution in [1.29, 1.82) is 0 Å². The first-order valence-electron chi connectivity index (χ1n) is 10.6. The molecule has 0 aliphatic carbocycles. The van der Waals surface area contributed by atoms with Crippen LogP contribution in [0.15, 0.2) is 18.2 Å². The Morgan fingerprint density at radius 1 is 1.28 bits per heavy atom. The summed E-state index contributed by atoms with van der Waals surface area (Å²) < 4.78 is 22.2. The zero-order valence-electron chi connectivity index (χ0n) is 18.7.